The molecule has 18 heavy (non-hydrogen) atoms. The molecule has 0 fully saturated rings. The molecule has 2 nitrogen and oxygen atoms in total. The minimum Gasteiger partial charge on any atom is -0.496 e. The fourth-order valence-electron chi connectivity index (χ4n) is 1.71. The summed E-state index contributed by atoms with van der Waals surface area (Å²) in [5, 5.41) is 0.677. The van der Waals surface area contributed by atoms with Gasteiger partial charge in [-0.1, -0.05) is 35.9 Å². The third-order valence-electron chi connectivity index (χ3n) is 2.73. The molecule has 2 rings (SSSR count). The Morgan fingerprint density at radius 3 is 2.61 bits per heavy atom. The van der Waals surface area contributed by atoms with Crippen LogP contribution in [-0.2, 0) is 6.61 Å². The summed E-state index contributed by atoms with van der Waals surface area (Å²) in [4.78, 5) is 0. The maximum Gasteiger partial charge on any atom is 0.125 e. The largest absolute Gasteiger partial charge is 0.496 e. The summed E-state index contributed by atoms with van der Waals surface area (Å²) in [7, 11) is 1.66. The lowest BCUT2D eigenvalue weighted by Crippen LogP contribution is -1.99. The first-order valence-corrected chi connectivity index (χ1v) is 6.09. The number of methoxy groups -OCH3 is 1. The lowest BCUT2D eigenvalue weighted by molar-refractivity contribution is 0.295. The van der Waals surface area contributed by atoms with Crippen molar-refractivity contribution in [2.75, 3.05) is 7.11 Å². The number of aryl methyl sites for hydroxylation is 1. The number of hydrogen-bond acceptors (Lipinski definition) is 2. The van der Waals surface area contributed by atoms with Gasteiger partial charge in [-0.05, 0) is 30.7 Å². The highest BCUT2D eigenvalue weighted by Crippen LogP contribution is 2.25. The van der Waals surface area contributed by atoms with E-state index in [0.717, 1.165) is 22.6 Å². The Morgan fingerprint density at radius 1 is 1.06 bits per heavy atom. The summed E-state index contributed by atoms with van der Waals surface area (Å²) in [6.07, 6.45) is 0. The molecule has 0 bridgehead atoms. The van der Waals surface area contributed by atoms with Crippen LogP contribution in [0.3, 0.4) is 0 Å². The first-order valence-electron chi connectivity index (χ1n) is 5.71. The average molecular weight is 263 g/mol. The second kappa shape index (κ2) is 5.78. The van der Waals surface area contributed by atoms with Gasteiger partial charge in [0.25, 0.3) is 0 Å². The molecule has 0 aliphatic carbocycles. The summed E-state index contributed by atoms with van der Waals surface area (Å²) >= 11 is 5.95. The van der Waals surface area contributed by atoms with E-state index in [1.165, 1.54) is 0 Å². The van der Waals surface area contributed by atoms with Crippen molar-refractivity contribution in [2.45, 2.75) is 13.5 Å². The van der Waals surface area contributed by atoms with E-state index >= 15 is 0 Å². The molecule has 0 atom stereocenters. The van der Waals surface area contributed by atoms with Crippen molar-refractivity contribution in [3.8, 4) is 11.5 Å². The van der Waals surface area contributed by atoms with Crippen LogP contribution in [0, 0.1) is 6.92 Å². The van der Waals surface area contributed by atoms with Crippen molar-refractivity contribution < 1.29 is 9.47 Å². The van der Waals surface area contributed by atoms with E-state index in [2.05, 4.69) is 0 Å². The Balaban J connectivity index is 2.14. The molecular formula is C15H15ClO2. The zero-order valence-electron chi connectivity index (χ0n) is 10.4. The number of hydrogen-bond donors (Lipinski definition) is 0. The van der Waals surface area contributed by atoms with E-state index in [-0.39, 0.29) is 0 Å². The number of para-hydroxylation sites is 1. The van der Waals surface area contributed by atoms with E-state index in [0.29, 0.717) is 11.6 Å². The summed E-state index contributed by atoms with van der Waals surface area (Å²) in [5.74, 6) is 1.63. The van der Waals surface area contributed by atoms with Crippen molar-refractivity contribution in [1.82, 2.24) is 0 Å². The van der Waals surface area contributed by atoms with Crippen LogP contribution in [0.2, 0.25) is 5.02 Å². The number of halogens is 1. The van der Waals surface area contributed by atoms with Gasteiger partial charge in [0, 0.05) is 10.6 Å². The molecule has 3 heteroatoms. The molecule has 0 spiro atoms. The quantitative estimate of drug-likeness (QED) is 0.821. The van der Waals surface area contributed by atoms with Crippen LogP contribution in [0.1, 0.15) is 11.1 Å². The van der Waals surface area contributed by atoms with Gasteiger partial charge in [0.15, 0.2) is 0 Å². The lowest BCUT2D eigenvalue weighted by Gasteiger charge is -2.12. The Kier molecular flexibility index (Phi) is 4.11. The van der Waals surface area contributed by atoms with E-state index < -0.39 is 0 Å². The van der Waals surface area contributed by atoms with Gasteiger partial charge in [-0.3, -0.25) is 0 Å². The van der Waals surface area contributed by atoms with Gasteiger partial charge < -0.3 is 9.47 Å². The Morgan fingerprint density at radius 2 is 1.83 bits per heavy atom. The van der Waals surface area contributed by atoms with Crippen molar-refractivity contribution >= 4 is 11.6 Å². The predicted molar refractivity (Wildman–Crippen MR) is 73.5 cm³/mol. The highest BCUT2D eigenvalue weighted by molar-refractivity contribution is 6.30. The molecule has 0 aliphatic rings. The standard InChI is InChI=1S/C15H15ClO2/c1-11-7-8-13(16)9-15(11)18-10-12-5-3-4-6-14(12)17-2/h3-9H,10H2,1-2H3. The van der Waals surface area contributed by atoms with Crippen molar-refractivity contribution in [1.29, 1.82) is 0 Å². The molecule has 0 amide bonds. The van der Waals surface area contributed by atoms with E-state index in [1.54, 1.807) is 7.11 Å². The van der Waals surface area contributed by atoms with Crippen LogP contribution in [0.5, 0.6) is 11.5 Å². The normalized spacial score (nSPS) is 10.2. The molecule has 0 aliphatic heterocycles. The SMILES string of the molecule is COc1ccccc1COc1cc(Cl)ccc1C. The molecule has 0 aromatic heterocycles. The Hall–Kier alpha value is -1.67. The zero-order chi connectivity index (χ0) is 13.0. The molecule has 0 heterocycles. The highest BCUT2D eigenvalue weighted by atomic mass is 35.5. The highest BCUT2D eigenvalue weighted by Gasteiger charge is 2.05. The van der Waals surface area contributed by atoms with Crippen LogP contribution in [0.15, 0.2) is 42.5 Å². The Labute approximate surface area is 112 Å². The number of rotatable bonds is 4. The van der Waals surface area contributed by atoms with Crippen LogP contribution in [-0.4, -0.2) is 7.11 Å². The van der Waals surface area contributed by atoms with Crippen LogP contribution in [0.4, 0.5) is 0 Å². The Bertz CT molecular complexity index is 538. The van der Waals surface area contributed by atoms with Gasteiger partial charge in [0.1, 0.15) is 18.1 Å². The van der Waals surface area contributed by atoms with Gasteiger partial charge in [-0.15, -0.1) is 0 Å². The first-order chi connectivity index (χ1) is 8.70. The summed E-state index contributed by atoms with van der Waals surface area (Å²) < 4.78 is 11.1. The summed E-state index contributed by atoms with van der Waals surface area (Å²) in [6.45, 7) is 2.46. The number of ether oxygens (including phenoxy) is 2. The second-order valence-corrected chi connectivity index (χ2v) is 4.45. The van der Waals surface area contributed by atoms with Crippen LogP contribution in [0.25, 0.3) is 0 Å². The number of benzene rings is 2. The summed E-state index contributed by atoms with van der Waals surface area (Å²) in [6, 6.07) is 13.4. The lowest BCUT2D eigenvalue weighted by atomic mass is 10.2. The minimum atomic E-state index is 0.463. The third-order valence-corrected chi connectivity index (χ3v) is 2.96. The maximum absolute atomic E-state index is 5.95. The molecule has 2 aromatic rings. The smallest absolute Gasteiger partial charge is 0.125 e. The molecular weight excluding hydrogens is 248 g/mol. The van der Waals surface area contributed by atoms with Crippen molar-refractivity contribution in [3.05, 3.63) is 58.6 Å². The fraction of sp³-hybridized carbons (Fsp3) is 0.200. The van der Waals surface area contributed by atoms with E-state index in [1.807, 2.05) is 49.4 Å². The predicted octanol–water partition coefficient (Wildman–Crippen LogP) is 4.24. The van der Waals surface area contributed by atoms with Gasteiger partial charge in [-0.2, -0.15) is 0 Å². The molecule has 0 saturated carbocycles. The fourth-order valence-corrected chi connectivity index (χ4v) is 1.87. The average Bonchev–Trinajstić information content (AvgIpc) is 2.40. The molecule has 0 unspecified atom stereocenters. The van der Waals surface area contributed by atoms with Gasteiger partial charge in [0.05, 0.1) is 7.11 Å². The molecule has 94 valence electrons. The van der Waals surface area contributed by atoms with E-state index in [4.69, 9.17) is 21.1 Å². The topological polar surface area (TPSA) is 18.5 Å². The van der Waals surface area contributed by atoms with Crippen LogP contribution >= 0.6 is 11.6 Å². The molecule has 0 radical (unpaired) electrons. The van der Waals surface area contributed by atoms with Crippen molar-refractivity contribution in [2.24, 2.45) is 0 Å². The van der Waals surface area contributed by atoms with E-state index in [9.17, 15) is 0 Å². The monoisotopic (exact) mass is 262 g/mol. The second-order valence-electron chi connectivity index (χ2n) is 4.01. The molecule has 0 saturated heterocycles. The summed E-state index contributed by atoms with van der Waals surface area (Å²) in [5.41, 5.74) is 2.08. The van der Waals surface area contributed by atoms with Gasteiger partial charge >= 0.3 is 0 Å². The molecule has 2 aromatic carbocycles. The van der Waals surface area contributed by atoms with Gasteiger partial charge in [-0.25, -0.2) is 0 Å². The maximum atomic E-state index is 5.95. The molecule has 0 N–H and O–H groups in total. The van der Waals surface area contributed by atoms with Gasteiger partial charge in [0.2, 0.25) is 0 Å². The minimum absolute atomic E-state index is 0.463. The third kappa shape index (κ3) is 2.96. The van der Waals surface area contributed by atoms with Crippen molar-refractivity contribution in [3.63, 3.8) is 0 Å². The zero-order valence-corrected chi connectivity index (χ0v) is 11.2. The first kappa shape index (κ1) is 12.8. The van der Waals surface area contributed by atoms with Crippen LogP contribution < -0.4 is 9.47 Å².